The second kappa shape index (κ2) is 14.4. The molecule has 0 aromatic carbocycles. The van der Waals surface area contributed by atoms with Gasteiger partial charge in [0.05, 0.1) is 14.2 Å². The smallest absolute Gasteiger partial charge is 0.314 e. The lowest BCUT2D eigenvalue weighted by atomic mass is 10.2. The monoisotopic (exact) mass is 540 g/mol. The van der Waals surface area contributed by atoms with Crippen LogP contribution in [0.15, 0.2) is 0 Å². The van der Waals surface area contributed by atoms with Gasteiger partial charge in [0.2, 0.25) is 0 Å². The van der Waals surface area contributed by atoms with Crippen molar-refractivity contribution < 1.29 is 43.8 Å². The van der Waals surface area contributed by atoms with Gasteiger partial charge in [0, 0.05) is 26.7 Å². The summed E-state index contributed by atoms with van der Waals surface area (Å²) in [6.07, 6.45) is 4.44. The van der Waals surface area contributed by atoms with Crippen LogP contribution in [-0.4, -0.2) is 65.9 Å². The minimum atomic E-state index is -3.79. The Kier molecular flexibility index (Phi) is 14.3. The van der Waals surface area contributed by atoms with Crippen LogP contribution in [0.2, 0.25) is 0 Å². The van der Waals surface area contributed by atoms with E-state index in [1.165, 1.54) is 0 Å². The molecule has 32 heavy (non-hydrogen) atoms. The van der Waals surface area contributed by atoms with Crippen molar-refractivity contribution in [3.05, 3.63) is 0 Å². The van der Waals surface area contributed by atoms with Crippen LogP contribution in [0.5, 0.6) is 0 Å². The highest BCUT2D eigenvalue weighted by Crippen LogP contribution is 2.45. The average molecular weight is 541 g/mol. The molecule has 0 radical (unpaired) electrons. The van der Waals surface area contributed by atoms with Crippen LogP contribution in [0.1, 0.15) is 66.2 Å². The quantitative estimate of drug-likeness (QED) is 0.132. The number of unbranched alkanes of at least 4 members (excludes halogenated alkanes) is 3. The van der Waals surface area contributed by atoms with E-state index < -0.39 is 58.4 Å². The summed E-state index contributed by atoms with van der Waals surface area (Å²) in [6, 6.07) is 0. The van der Waals surface area contributed by atoms with E-state index in [0.717, 1.165) is 27.1 Å². The minimum absolute atomic E-state index is 0.392. The molecule has 4 atom stereocenters. The Morgan fingerprint density at radius 3 is 1.22 bits per heavy atom. The van der Waals surface area contributed by atoms with E-state index in [2.05, 4.69) is 8.37 Å². The van der Waals surface area contributed by atoms with Crippen molar-refractivity contribution >= 4 is 35.8 Å². The molecule has 0 heterocycles. The number of ether oxygens (including phenoxy) is 2. The van der Waals surface area contributed by atoms with Crippen molar-refractivity contribution in [1.29, 1.82) is 0 Å². The third-order valence-electron chi connectivity index (χ3n) is 5.38. The Labute approximate surface area is 194 Å². The summed E-state index contributed by atoms with van der Waals surface area (Å²) < 4.78 is 90.7. The van der Waals surface area contributed by atoms with E-state index in [-0.39, 0.29) is 0 Å². The maximum absolute atomic E-state index is 12.7. The van der Waals surface area contributed by atoms with Crippen molar-refractivity contribution in [3.8, 4) is 0 Å². The van der Waals surface area contributed by atoms with Crippen molar-refractivity contribution in [2.24, 2.45) is 0 Å². The van der Waals surface area contributed by atoms with Crippen LogP contribution in [-0.2, 0) is 47.2 Å². The summed E-state index contributed by atoms with van der Waals surface area (Å²) in [5.41, 5.74) is 0. The predicted molar refractivity (Wildman–Crippen MR) is 125 cm³/mol. The normalized spacial score (nSPS) is 17.4. The first-order valence-electron chi connectivity index (χ1n) is 10.4. The third kappa shape index (κ3) is 11.4. The lowest BCUT2D eigenvalue weighted by Gasteiger charge is -2.18. The van der Waals surface area contributed by atoms with E-state index >= 15 is 0 Å². The highest BCUT2D eigenvalue weighted by Gasteiger charge is 2.45. The molecule has 0 aliphatic carbocycles. The Morgan fingerprint density at radius 1 is 0.656 bits per heavy atom. The zero-order valence-corrected chi connectivity index (χ0v) is 23.3. The summed E-state index contributed by atoms with van der Waals surface area (Å²) in [6.45, 7) is 6.84. The lowest BCUT2D eigenvalue weighted by molar-refractivity contribution is 0.0557. The maximum atomic E-state index is 12.7. The second-order valence-corrected chi connectivity index (χ2v) is 15.3. The van der Waals surface area contributed by atoms with Crippen LogP contribution in [0.25, 0.3) is 0 Å². The topological polar surface area (TPSA) is 139 Å². The molecule has 0 bridgehead atoms. The highest BCUT2D eigenvalue weighted by atomic mass is 32.2. The maximum Gasteiger partial charge on any atom is 0.373 e. The van der Waals surface area contributed by atoms with Crippen LogP contribution in [0.4, 0.5) is 0 Å². The zero-order chi connectivity index (χ0) is 25.1. The number of rotatable bonds is 19. The number of hydrogen-bond acceptors (Lipinski definition) is 10. The zero-order valence-electron chi connectivity index (χ0n) is 19.9. The fraction of sp³-hybridized carbons (Fsp3) is 1.00. The first-order valence-corrected chi connectivity index (χ1v) is 16.5. The largest absolute Gasteiger partial charge is 0.373 e. The van der Waals surface area contributed by atoms with Gasteiger partial charge in [0.25, 0.3) is 30.9 Å². The molecule has 0 aromatic rings. The molecule has 14 heteroatoms. The molecule has 0 amide bonds. The van der Waals surface area contributed by atoms with Crippen LogP contribution >= 0.6 is 15.6 Å². The van der Waals surface area contributed by atoms with Gasteiger partial charge in [0.1, 0.15) is 12.3 Å². The first-order chi connectivity index (χ1) is 14.7. The lowest BCUT2D eigenvalue weighted by Crippen LogP contribution is -2.28. The van der Waals surface area contributed by atoms with Gasteiger partial charge in [-0.15, -0.1) is 0 Å². The summed E-state index contributed by atoms with van der Waals surface area (Å²) in [4.78, 5) is 0. The molecule has 0 aliphatic rings. The van der Waals surface area contributed by atoms with Gasteiger partial charge >= 0.3 is 15.6 Å². The van der Waals surface area contributed by atoms with Crippen molar-refractivity contribution in [2.45, 2.75) is 76.9 Å². The molecule has 190 valence electrons. The third-order valence-corrected chi connectivity index (χ3v) is 11.7. The molecule has 0 fully saturated rings. The highest BCUT2D eigenvalue weighted by molar-refractivity contribution is 7.86. The standard InChI is InChI=1S/C18H38O10P2S2/c1-7-17(3,27-15-31(21,22)25-5)29(19)13-11-9-10-12-14-30(20)18(4,8-2)28-16-32(23,24)26-6/h7-16H2,1-6H3/q+2. The summed E-state index contributed by atoms with van der Waals surface area (Å²) in [5.74, 6) is -1.29. The summed E-state index contributed by atoms with van der Waals surface area (Å²) >= 11 is 0. The molecule has 0 aliphatic heterocycles. The van der Waals surface area contributed by atoms with E-state index in [4.69, 9.17) is 9.47 Å². The summed E-state index contributed by atoms with van der Waals surface area (Å²) in [5, 5.41) is -2.10. The Bertz CT molecular complexity index is 748. The van der Waals surface area contributed by atoms with Gasteiger partial charge < -0.3 is 9.47 Å². The van der Waals surface area contributed by atoms with Crippen molar-refractivity contribution in [3.63, 3.8) is 0 Å². The van der Waals surface area contributed by atoms with E-state index in [1.54, 1.807) is 27.7 Å². The van der Waals surface area contributed by atoms with Gasteiger partial charge in [0.15, 0.2) is 11.9 Å². The number of hydrogen-bond donors (Lipinski definition) is 0. The molecule has 4 unspecified atom stereocenters. The molecule has 0 saturated heterocycles. The van der Waals surface area contributed by atoms with Crippen LogP contribution in [0.3, 0.4) is 0 Å². The van der Waals surface area contributed by atoms with Gasteiger partial charge in [-0.1, -0.05) is 23.0 Å². The molecular weight excluding hydrogens is 502 g/mol. The second-order valence-electron chi connectivity index (χ2n) is 7.65. The van der Waals surface area contributed by atoms with Gasteiger partial charge in [-0.05, 0) is 25.7 Å². The van der Waals surface area contributed by atoms with E-state index in [9.17, 15) is 26.0 Å². The average Bonchev–Trinajstić information content (AvgIpc) is 2.77. The molecule has 0 rings (SSSR count). The Hall–Kier alpha value is -0.0600. The molecule has 0 N–H and O–H groups in total. The molecule has 0 aromatic heterocycles. The predicted octanol–water partition coefficient (Wildman–Crippen LogP) is 4.35. The fourth-order valence-electron chi connectivity index (χ4n) is 2.53. The van der Waals surface area contributed by atoms with E-state index in [0.29, 0.717) is 38.0 Å². The van der Waals surface area contributed by atoms with Gasteiger partial charge in [-0.3, -0.25) is 8.37 Å². The molecule has 0 saturated carbocycles. The molecule has 10 nitrogen and oxygen atoms in total. The summed E-state index contributed by atoms with van der Waals surface area (Å²) in [7, 11) is -9.08. The first kappa shape index (κ1) is 31.9. The van der Waals surface area contributed by atoms with Gasteiger partial charge in [-0.25, -0.2) is 0 Å². The molecular formula is C18H38O10P2S2+2. The van der Waals surface area contributed by atoms with Crippen LogP contribution in [0, 0.1) is 0 Å². The SMILES string of the molecule is CCC(C)(OCS(=O)(=O)OC)[P+](=O)CCCCCC[P+](=O)C(C)(CC)OCS(=O)(=O)OC. The van der Waals surface area contributed by atoms with Crippen molar-refractivity contribution in [1.82, 2.24) is 0 Å². The van der Waals surface area contributed by atoms with E-state index in [1.807, 2.05) is 0 Å². The Morgan fingerprint density at radius 2 is 0.969 bits per heavy atom. The fourth-order valence-corrected chi connectivity index (χ4v) is 6.80. The van der Waals surface area contributed by atoms with Gasteiger partial charge in [-0.2, -0.15) is 16.8 Å². The van der Waals surface area contributed by atoms with Crippen LogP contribution < -0.4 is 0 Å². The minimum Gasteiger partial charge on any atom is -0.314 e. The molecule has 0 spiro atoms. The Balaban J connectivity index is 4.44. The van der Waals surface area contributed by atoms with Crippen molar-refractivity contribution in [2.75, 3.05) is 38.4 Å².